The van der Waals surface area contributed by atoms with Gasteiger partial charge in [-0.25, -0.2) is 4.39 Å². The van der Waals surface area contributed by atoms with Crippen molar-refractivity contribution in [3.8, 4) is 0 Å². The fraction of sp³-hybridized carbons (Fsp3) is 0.368. The fourth-order valence-corrected chi connectivity index (χ4v) is 3.28. The number of rotatable bonds is 6. The smallest absolute Gasteiger partial charge is 0.123 e. The summed E-state index contributed by atoms with van der Waals surface area (Å²) in [4.78, 5) is 4.84. The Kier molecular flexibility index (Phi) is 10.1. The molecule has 144 valence electrons. The largest absolute Gasteiger partial charge is 0.385 e. The van der Waals surface area contributed by atoms with Crippen molar-refractivity contribution in [2.24, 2.45) is 0 Å². The Bertz CT molecular complexity index is 647. The van der Waals surface area contributed by atoms with Gasteiger partial charge in [-0.15, -0.1) is 24.8 Å². The number of halogens is 4. The van der Waals surface area contributed by atoms with Crippen LogP contribution in [0.25, 0.3) is 0 Å². The van der Waals surface area contributed by atoms with E-state index in [1.54, 1.807) is 12.1 Å². The topological polar surface area (TPSA) is 18.5 Å². The fourth-order valence-electron chi connectivity index (χ4n) is 3.02. The lowest BCUT2D eigenvalue weighted by atomic mass is 10.2. The number of para-hydroxylation sites is 1. The molecule has 1 aliphatic rings. The van der Waals surface area contributed by atoms with Gasteiger partial charge in [0.15, 0.2) is 0 Å². The van der Waals surface area contributed by atoms with Gasteiger partial charge >= 0.3 is 0 Å². The standard InChI is InChI=1S/C19H23ClFN3.2ClH/c20-18-4-1-2-5-19(18)24-14-12-23(13-15-24)11-3-10-22-17-8-6-16(21)7-9-17;;/h1-2,4-9,22H,3,10-15H2;2*1H. The molecule has 0 radical (unpaired) electrons. The molecule has 1 aliphatic heterocycles. The Balaban J connectivity index is 0.00000169. The van der Waals surface area contributed by atoms with Gasteiger partial charge in [-0.1, -0.05) is 23.7 Å². The number of nitrogens with one attached hydrogen (secondary N) is 1. The zero-order valence-corrected chi connectivity index (χ0v) is 16.9. The van der Waals surface area contributed by atoms with Crippen molar-refractivity contribution >= 4 is 47.8 Å². The molecule has 2 aromatic carbocycles. The molecule has 1 saturated heterocycles. The SMILES string of the molecule is Cl.Cl.Fc1ccc(NCCCN2CCN(c3ccccc3Cl)CC2)cc1. The van der Waals surface area contributed by atoms with Crippen LogP contribution < -0.4 is 10.2 Å². The molecule has 0 bridgehead atoms. The first kappa shape index (κ1) is 22.8. The summed E-state index contributed by atoms with van der Waals surface area (Å²) in [5.41, 5.74) is 2.11. The van der Waals surface area contributed by atoms with Gasteiger partial charge in [0.2, 0.25) is 0 Å². The van der Waals surface area contributed by atoms with Crippen LogP contribution >= 0.6 is 36.4 Å². The van der Waals surface area contributed by atoms with Crippen molar-refractivity contribution in [1.29, 1.82) is 0 Å². The predicted molar refractivity (Wildman–Crippen MR) is 114 cm³/mol. The van der Waals surface area contributed by atoms with E-state index < -0.39 is 0 Å². The molecule has 3 rings (SSSR count). The number of anilines is 2. The highest BCUT2D eigenvalue weighted by molar-refractivity contribution is 6.33. The molecule has 0 aliphatic carbocycles. The number of piperazine rings is 1. The van der Waals surface area contributed by atoms with E-state index >= 15 is 0 Å². The number of hydrogen-bond donors (Lipinski definition) is 1. The first-order valence-electron chi connectivity index (χ1n) is 8.43. The van der Waals surface area contributed by atoms with E-state index in [0.717, 1.165) is 62.1 Å². The molecule has 26 heavy (non-hydrogen) atoms. The first-order valence-corrected chi connectivity index (χ1v) is 8.81. The minimum atomic E-state index is -0.197. The Hall–Kier alpha value is -1.20. The highest BCUT2D eigenvalue weighted by Gasteiger charge is 2.18. The number of nitrogens with zero attached hydrogens (tertiary/aromatic N) is 2. The van der Waals surface area contributed by atoms with E-state index in [1.165, 1.54) is 12.1 Å². The third-order valence-electron chi connectivity index (χ3n) is 4.39. The summed E-state index contributed by atoms with van der Waals surface area (Å²) < 4.78 is 12.9. The molecule has 1 fully saturated rings. The molecule has 0 saturated carbocycles. The molecule has 0 spiro atoms. The third kappa shape index (κ3) is 6.51. The monoisotopic (exact) mass is 419 g/mol. The quantitative estimate of drug-likeness (QED) is 0.667. The van der Waals surface area contributed by atoms with Crippen LogP contribution in [0.4, 0.5) is 15.8 Å². The van der Waals surface area contributed by atoms with Crippen LogP contribution in [0.1, 0.15) is 6.42 Å². The predicted octanol–water partition coefficient (Wildman–Crippen LogP) is 4.95. The average molecular weight is 421 g/mol. The van der Waals surface area contributed by atoms with Gasteiger partial charge in [-0.2, -0.15) is 0 Å². The molecule has 1 N–H and O–H groups in total. The van der Waals surface area contributed by atoms with Crippen molar-refractivity contribution in [3.05, 3.63) is 59.4 Å². The van der Waals surface area contributed by atoms with Gasteiger partial charge in [-0.3, -0.25) is 4.90 Å². The van der Waals surface area contributed by atoms with Gasteiger partial charge in [0.1, 0.15) is 5.82 Å². The highest BCUT2D eigenvalue weighted by atomic mass is 35.5. The molecule has 1 heterocycles. The van der Waals surface area contributed by atoms with E-state index in [-0.39, 0.29) is 30.6 Å². The van der Waals surface area contributed by atoms with Crippen molar-refractivity contribution in [3.63, 3.8) is 0 Å². The summed E-state index contributed by atoms with van der Waals surface area (Å²) in [6, 6.07) is 14.6. The van der Waals surface area contributed by atoms with Crippen molar-refractivity contribution in [2.45, 2.75) is 6.42 Å². The Labute approximate surface area is 172 Å². The van der Waals surface area contributed by atoms with Gasteiger partial charge in [0.05, 0.1) is 10.7 Å². The second-order valence-electron chi connectivity index (χ2n) is 6.07. The van der Waals surface area contributed by atoms with Crippen LogP contribution in [0.2, 0.25) is 5.02 Å². The lowest BCUT2D eigenvalue weighted by Crippen LogP contribution is -2.46. The lowest BCUT2D eigenvalue weighted by Gasteiger charge is -2.36. The van der Waals surface area contributed by atoms with Crippen LogP contribution in [-0.4, -0.2) is 44.2 Å². The van der Waals surface area contributed by atoms with Crippen LogP contribution in [0.3, 0.4) is 0 Å². The zero-order valence-electron chi connectivity index (χ0n) is 14.5. The second kappa shape index (κ2) is 11.5. The average Bonchev–Trinajstić information content (AvgIpc) is 2.61. The maximum atomic E-state index is 12.9. The third-order valence-corrected chi connectivity index (χ3v) is 4.71. The molecule has 0 aromatic heterocycles. The summed E-state index contributed by atoms with van der Waals surface area (Å²) in [6.07, 6.45) is 1.07. The summed E-state index contributed by atoms with van der Waals surface area (Å²) in [5, 5.41) is 4.16. The lowest BCUT2D eigenvalue weighted by molar-refractivity contribution is 0.257. The number of benzene rings is 2. The van der Waals surface area contributed by atoms with Gasteiger partial charge in [0, 0.05) is 38.4 Å². The van der Waals surface area contributed by atoms with E-state index in [2.05, 4.69) is 21.2 Å². The van der Waals surface area contributed by atoms with Crippen molar-refractivity contribution < 1.29 is 4.39 Å². The summed E-state index contributed by atoms with van der Waals surface area (Å²) in [7, 11) is 0. The Morgan fingerprint density at radius 1 is 0.923 bits per heavy atom. The van der Waals surface area contributed by atoms with E-state index in [1.807, 2.05) is 18.2 Å². The Morgan fingerprint density at radius 2 is 1.58 bits per heavy atom. The minimum Gasteiger partial charge on any atom is -0.385 e. The summed E-state index contributed by atoms with van der Waals surface area (Å²) in [6.45, 7) is 6.11. The van der Waals surface area contributed by atoms with Gasteiger partial charge in [0.25, 0.3) is 0 Å². The zero-order chi connectivity index (χ0) is 16.8. The first-order chi connectivity index (χ1) is 11.7. The van der Waals surface area contributed by atoms with Crippen LogP contribution in [0, 0.1) is 5.82 Å². The number of hydrogen-bond acceptors (Lipinski definition) is 3. The maximum Gasteiger partial charge on any atom is 0.123 e. The van der Waals surface area contributed by atoms with Gasteiger partial charge < -0.3 is 10.2 Å². The maximum absolute atomic E-state index is 12.9. The molecular formula is C19H25Cl3FN3. The summed E-state index contributed by atoms with van der Waals surface area (Å²) >= 11 is 6.28. The molecule has 0 atom stereocenters. The second-order valence-corrected chi connectivity index (χ2v) is 6.47. The van der Waals surface area contributed by atoms with Gasteiger partial charge in [-0.05, 0) is 49.4 Å². The summed E-state index contributed by atoms with van der Waals surface area (Å²) in [5.74, 6) is -0.197. The Morgan fingerprint density at radius 3 is 2.23 bits per heavy atom. The van der Waals surface area contributed by atoms with Crippen molar-refractivity contribution in [1.82, 2.24) is 4.90 Å². The van der Waals surface area contributed by atoms with E-state index in [4.69, 9.17) is 11.6 Å². The molecule has 0 amide bonds. The molecular weight excluding hydrogens is 396 g/mol. The molecule has 2 aromatic rings. The highest BCUT2D eigenvalue weighted by Crippen LogP contribution is 2.25. The molecule has 0 unspecified atom stereocenters. The molecule has 7 heteroatoms. The van der Waals surface area contributed by atoms with E-state index in [9.17, 15) is 4.39 Å². The molecule has 3 nitrogen and oxygen atoms in total. The minimum absolute atomic E-state index is 0. The van der Waals surface area contributed by atoms with Crippen LogP contribution in [0.15, 0.2) is 48.5 Å². The van der Waals surface area contributed by atoms with Crippen LogP contribution in [-0.2, 0) is 0 Å². The van der Waals surface area contributed by atoms with Crippen molar-refractivity contribution in [2.75, 3.05) is 49.5 Å². The van der Waals surface area contributed by atoms with E-state index in [0.29, 0.717) is 0 Å². The normalized spacial score (nSPS) is 14.3. The van der Waals surface area contributed by atoms with Crippen LogP contribution in [0.5, 0.6) is 0 Å².